The Kier molecular flexibility index (Phi) is 5.15. The Labute approximate surface area is 99.3 Å². The standard InChI is InChI=1S/C10H16N4O3/c1-3-16-6-7(2)17-10-8(9(11)14-15)12-4-5-13-10/h4-5,7,15H,3,6H2,1-2H3,(H2,11,14). The van der Waals surface area contributed by atoms with Crippen molar-refractivity contribution >= 4 is 5.84 Å². The van der Waals surface area contributed by atoms with Crippen LogP contribution in [0.4, 0.5) is 0 Å². The number of ether oxygens (including phenoxy) is 2. The predicted molar refractivity (Wildman–Crippen MR) is 61.1 cm³/mol. The lowest BCUT2D eigenvalue weighted by Gasteiger charge is -2.14. The fourth-order valence-electron chi connectivity index (χ4n) is 1.14. The van der Waals surface area contributed by atoms with E-state index in [1.165, 1.54) is 12.4 Å². The average Bonchev–Trinajstić information content (AvgIpc) is 2.36. The molecule has 1 rings (SSSR count). The lowest BCUT2D eigenvalue weighted by atomic mass is 10.4. The van der Waals surface area contributed by atoms with Gasteiger partial charge in [-0.25, -0.2) is 9.97 Å². The Morgan fingerprint density at radius 1 is 1.53 bits per heavy atom. The van der Waals surface area contributed by atoms with Crippen molar-refractivity contribution in [2.24, 2.45) is 10.9 Å². The van der Waals surface area contributed by atoms with E-state index in [4.69, 9.17) is 20.4 Å². The maximum Gasteiger partial charge on any atom is 0.244 e. The second-order valence-electron chi connectivity index (χ2n) is 3.28. The Hall–Kier alpha value is -1.89. The lowest BCUT2D eigenvalue weighted by Crippen LogP contribution is -2.23. The molecule has 0 aromatic carbocycles. The van der Waals surface area contributed by atoms with Crippen molar-refractivity contribution in [3.8, 4) is 5.88 Å². The van der Waals surface area contributed by atoms with E-state index < -0.39 is 0 Å². The summed E-state index contributed by atoms with van der Waals surface area (Å²) in [6.07, 6.45) is 2.71. The van der Waals surface area contributed by atoms with Gasteiger partial charge in [-0.3, -0.25) is 0 Å². The third-order valence-corrected chi connectivity index (χ3v) is 1.88. The van der Waals surface area contributed by atoms with E-state index in [2.05, 4.69) is 15.1 Å². The summed E-state index contributed by atoms with van der Waals surface area (Å²) in [6, 6.07) is 0. The van der Waals surface area contributed by atoms with Crippen LogP contribution < -0.4 is 10.5 Å². The first-order valence-corrected chi connectivity index (χ1v) is 5.22. The number of aromatic nitrogens is 2. The van der Waals surface area contributed by atoms with Crippen LogP contribution in [0.5, 0.6) is 5.88 Å². The van der Waals surface area contributed by atoms with Crippen molar-refractivity contribution in [2.75, 3.05) is 13.2 Å². The minimum absolute atomic E-state index is 0.142. The highest BCUT2D eigenvalue weighted by molar-refractivity contribution is 5.97. The minimum atomic E-state index is -0.197. The molecular weight excluding hydrogens is 224 g/mol. The normalized spacial score (nSPS) is 13.4. The van der Waals surface area contributed by atoms with Crippen LogP contribution in [0.1, 0.15) is 19.5 Å². The smallest absolute Gasteiger partial charge is 0.244 e. The Balaban J connectivity index is 2.76. The molecule has 94 valence electrons. The largest absolute Gasteiger partial charge is 0.471 e. The molecule has 7 heteroatoms. The van der Waals surface area contributed by atoms with Gasteiger partial charge in [0.2, 0.25) is 5.88 Å². The molecule has 0 aliphatic rings. The van der Waals surface area contributed by atoms with Gasteiger partial charge < -0.3 is 20.4 Å². The molecule has 3 N–H and O–H groups in total. The van der Waals surface area contributed by atoms with Gasteiger partial charge in [0.1, 0.15) is 6.10 Å². The highest BCUT2D eigenvalue weighted by Gasteiger charge is 2.14. The van der Waals surface area contributed by atoms with Crippen LogP contribution in [0.3, 0.4) is 0 Å². The molecule has 1 atom stereocenters. The van der Waals surface area contributed by atoms with E-state index in [9.17, 15) is 0 Å². The molecule has 7 nitrogen and oxygen atoms in total. The van der Waals surface area contributed by atoms with Gasteiger partial charge in [0.25, 0.3) is 0 Å². The Morgan fingerprint density at radius 3 is 2.88 bits per heavy atom. The Bertz CT molecular complexity index is 384. The molecule has 1 aromatic heterocycles. The van der Waals surface area contributed by atoms with Crippen molar-refractivity contribution in [1.29, 1.82) is 0 Å². The van der Waals surface area contributed by atoms with Gasteiger partial charge in [-0.15, -0.1) is 0 Å². The van der Waals surface area contributed by atoms with Crippen LogP contribution in [0.2, 0.25) is 0 Å². The highest BCUT2D eigenvalue weighted by atomic mass is 16.5. The third kappa shape index (κ3) is 3.87. The van der Waals surface area contributed by atoms with Crippen molar-refractivity contribution in [1.82, 2.24) is 9.97 Å². The SMILES string of the molecule is CCOCC(C)Oc1nccnc1C(N)=NO. The van der Waals surface area contributed by atoms with E-state index in [1.54, 1.807) is 0 Å². The fourth-order valence-corrected chi connectivity index (χ4v) is 1.14. The average molecular weight is 240 g/mol. The van der Waals surface area contributed by atoms with Crippen molar-refractivity contribution in [2.45, 2.75) is 20.0 Å². The summed E-state index contributed by atoms with van der Waals surface area (Å²) in [5.41, 5.74) is 5.66. The van der Waals surface area contributed by atoms with Crippen molar-refractivity contribution in [3.63, 3.8) is 0 Å². The molecule has 0 bridgehead atoms. The summed E-state index contributed by atoms with van der Waals surface area (Å²) >= 11 is 0. The summed E-state index contributed by atoms with van der Waals surface area (Å²) in [5, 5.41) is 11.5. The van der Waals surface area contributed by atoms with Gasteiger partial charge in [0.15, 0.2) is 11.5 Å². The number of amidine groups is 1. The van der Waals surface area contributed by atoms with E-state index in [1.807, 2.05) is 13.8 Å². The zero-order chi connectivity index (χ0) is 12.7. The number of rotatable bonds is 6. The highest BCUT2D eigenvalue weighted by Crippen LogP contribution is 2.12. The second-order valence-corrected chi connectivity index (χ2v) is 3.28. The Morgan fingerprint density at radius 2 is 2.24 bits per heavy atom. The molecule has 17 heavy (non-hydrogen) atoms. The number of nitrogens with zero attached hydrogens (tertiary/aromatic N) is 3. The molecule has 1 heterocycles. The lowest BCUT2D eigenvalue weighted by molar-refractivity contribution is 0.0630. The van der Waals surface area contributed by atoms with Gasteiger partial charge in [0.05, 0.1) is 6.61 Å². The molecule has 0 saturated carbocycles. The number of oxime groups is 1. The fraction of sp³-hybridized carbons (Fsp3) is 0.500. The molecule has 0 radical (unpaired) electrons. The molecule has 1 aromatic rings. The summed E-state index contributed by atoms with van der Waals surface area (Å²) in [7, 11) is 0. The number of hydrogen-bond donors (Lipinski definition) is 2. The third-order valence-electron chi connectivity index (χ3n) is 1.88. The van der Waals surface area contributed by atoms with Gasteiger partial charge in [0, 0.05) is 19.0 Å². The van der Waals surface area contributed by atoms with Gasteiger partial charge in [-0.05, 0) is 13.8 Å². The number of hydrogen-bond acceptors (Lipinski definition) is 6. The quantitative estimate of drug-likeness (QED) is 0.322. The van der Waals surface area contributed by atoms with Gasteiger partial charge in [-0.2, -0.15) is 0 Å². The second kappa shape index (κ2) is 6.64. The van der Waals surface area contributed by atoms with Crippen LogP contribution >= 0.6 is 0 Å². The monoisotopic (exact) mass is 240 g/mol. The van der Waals surface area contributed by atoms with Crippen molar-refractivity contribution in [3.05, 3.63) is 18.1 Å². The van der Waals surface area contributed by atoms with Crippen LogP contribution in [0.25, 0.3) is 0 Å². The summed E-state index contributed by atoms with van der Waals surface area (Å²) < 4.78 is 10.7. The molecule has 0 fully saturated rings. The van der Waals surface area contributed by atoms with Crippen LogP contribution in [0.15, 0.2) is 17.5 Å². The zero-order valence-corrected chi connectivity index (χ0v) is 9.83. The van der Waals surface area contributed by atoms with Crippen LogP contribution in [-0.2, 0) is 4.74 Å². The van der Waals surface area contributed by atoms with Crippen molar-refractivity contribution < 1.29 is 14.7 Å². The molecular formula is C10H16N4O3. The van der Waals surface area contributed by atoms with E-state index >= 15 is 0 Å². The first-order chi connectivity index (χ1) is 8.19. The van der Waals surface area contributed by atoms with Crippen LogP contribution in [-0.4, -0.2) is 40.3 Å². The van der Waals surface area contributed by atoms with Gasteiger partial charge >= 0.3 is 0 Å². The van der Waals surface area contributed by atoms with E-state index in [0.29, 0.717) is 13.2 Å². The molecule has 0 amide bonds. The summed E-state index contributed by atoms with van der Waals surface area (Å²) in [6.45, 7) is 4.78. The predicted octanol–water partition coefficient (Wildman–Crippen LogP) is 0.375. The van der Waals surface area contributed by atoms with Crippen LogP contribution in [0, 0.1) is 0 Å². The minimum Gasteiger partial charge on any atom is -0.471 e. The molecule has 0 aliphatic heterocycles. The van der Waals surface area contributed by atoms with Gasteiger partial charge in [-0.1, -0.05) is 5.16 Å². The first kappa shape index (κ1) is 13.2. The first-order valence-electron chi connectivity index (χ1n) is 5.22. The zero-order valence-electron chi connectivity index (χ0n) is 9.83. The van der Waals surface area contributed by atoms with E-state index in [0.717, 1.165) is 0 Å². The molecule has 0 aliphatic carbocycles. The topological polar surface area (TPSA) is 103 Å². The molecule has 0 spiro atoms. The summed E-state index contributed by atoms with van der Waals surface area (Å²) in [4.78, 5) is 7.92. The molecule has 0 saturated heterocycles. The van der Waals surface area contributed by atoms with E-state index in [-0.39, 0.29) is 23.5 Å². The maximum absolute atomic E-state index is 8.60. The number of nitrogens with two attached hydrogens (primary N) is 1. The summed E-state index contributed by atoms with van der Waals surface area (Å²) in [5.74, 6) is 0.0757. The molecule has 1 unspecified atom stereocenters. The maximum atomic E-state index is 8.60.